The van der Waals surface area contributed by atoms with Crippen LogP contribution in [0, 0.1) is 13.8 Å². The Balaban J connectivity index is 1.43. The lowest BCUT2D eigenvalue weighted by atomic mass is 10.0. The third-order valence-corrected chi connectivity index (χ3v) is 6.38. The number of H-pyrrole nitrogens is 1. The highest BCUT2D eigenvalue weighted by Gasteiger charge is 2.21. The summed E-state index contributed by atoms with van der Waals surface area (Å²) in [6.45, 7) is 7.24. The maximum absolute atomic E-state index is 13.0. The maximum atomic E-state index is 13.0. The molecule has 2 aromatic heterocycles. The first kappa shape index (κ1) is 22.4. The highest BCUT2D eigenvalue weighted by molar-refractivity contribution is 5.82. The summed E-state index contributed by atoms with van der Waals surface area (Å²) in [6.07, 6.45) is 2.25. The number of nitrogens with one attached hydrogen (secondary N) is 1. The number of ether oxygens (including phenoxy) is 1. The average molecular weight is 459 g/mol. The zero-order valence-electron chi connectivity index (χ0n) is 19.7. The fraction of sp³-hybridized carbons (Fsp3) is 0.385. The van der Waals surface area contributed by atoms with E-state index in [1.54, 1.807) is 0 Å². The van der Waals surface area contributed by atoms with E-state index in [2.05, 4.69) is 56.6 Å². The zero-order valence-corrected chi connectivity index (χ0v) is 19.7. The Hall–Kier alpha value is -3.36. The number of aromatic nitrogens is 5. The van der Waals surface area contributed by atoms with Crippen molar-refractivity contribution in [2.75, 3.05) is 6.61 Å². The normalized spacial score (nSPS) is 16.0. The van der Waals surface area contributed by atoms with Crippen LogP contribution in [-0.4, -0.2) is 42.8 Å². The van der Waals surface area contributed by atoms with E-state index in [9.17, 15) is 4.79 Å². The molecule has 3 heterocycles. The van der Waals surface area contributed by atoms with Gasteiger partial charge in [-0.1, -0.05) is 42.0 Å². The van der Waals surface area contributed by atoms with Crippen molar-refractivity contribution < 1.29 is 4.74 Å². The maximum Gasteiger partial charge on any atom is 0.252 e. The van der Waals surface area contributed by atoms with Gasteiger partial charge in [-0.25, -0.2) is 4.68 Å². The molecule has 34 heavy (non-hydrogen) atoms. The van der Waals surface area contributed by atoms with E-state index < -0.39 is 0 Å². The summed E-state index contributed by atoms with van der Waals surface area (Å²) in [5.74, 6) is 0.773. The summed E-state index contributed by atoms with van der Waals surface area (Å²) >= 11 is 0. The van der Waals surface area contributed by atoms with Crippen LogP contribution in [0.2, 0.25) is 0 Å². The summed E-state index contributed by atoms with van der Waals surface area (Å²) in [4.78, 5) is 18.3. The summed E-state index contributed by atoms with van der Waals surface area (Å²) in [5, 5.41) is 13.5. The molecule has 0 saturated carbocycles. The molecular weight excluding hydrogens is 428 g/mol. The molecular formula is C26H30N6O2. The third kappa shape index (κ3) is 5.08. The number of fused-ring (bicyclic) bond motifs is 1. The van der Waals surface area contributed by atoms with E-state index in [0.29, 0.717) is 26.2 Å². The van der Waals surface area contributed by atoms with Crippen LogP contribution in [0.25, 0.3) is 10.9 Å². The number of nitrogens with zero attached hydrogens (tertiary/aromatic N) is 5. The van der Waals surface area contributed by atoms with Crippen LogP contribution in [0.3, 0.4) is 0 Å². The molecule has 0 aliphatic carbocycles. The minimum absolute atomic E-state index is 0.0588. The van der Waals surface area contributed by atoms with E-state index in [-0.39, 0.29) is 11.7 Å². The molecule has 8 nitrogen and oxygen atoms in total. The van der Waals surface area contributed by atoms with Crippen molar-refractivity contribution in [3.05, 3.63) is 87.0 Å². The van der Waals surface area contributed by atoms with E-state index in [4.69, 9.17) is 4.74 Å². The van der Waals surface area contributed by atoms with Crippen LogP contribution >= 0.6 is 0 Å². The lowest BCUT2D eigenvalue weighted by molar-refractivity contribution is 0.0914. The molecule has 0 bridgehead atoms. The largest absolute Gasteiger partial charge is 0.376 e. The molecule has 1 atom stereocenters. The molecule has 4 aromatic rings. The smallest absolute Gasteiger partial charge is 0.252 e. The fourth-order valence-electron chi connectivity index (χ4n) is 4.76. The molecule has 0 radical (unpaired) electrons. The van der Waals surface area contributed by atoms with Crippen LogP contribution < -0.4 is 5.56 Å². The van der Waals surface area contributed by atoms with Gasteiger partial charge in [0.2, 0.25) is 0 Å². The van der Waals surface area contributed by atoms with Gasteiger partial charge in [-0.05, 0) is 65.8 Å². The summed E-state index contributed by atoms with van der Waals surface area (Å²) in [7, 11) is 0. The van der Waals surface area contributed by atoms with Gasteiger partial charge in [0.05, 0.1) is 24.7 Å². The van der Waals surface area contributed by atoms with Gasteiger partial charge in [-0.15, -0.1) is 5.10 Å². The summed E-state index contributed by atoms with van der Waals surface area (Å²) < 4.78 is 7.62. The first-order chi connectivity index (χ1) is 16.5. The molecule has 1 fully saturated rings. The number of hydrogen-bond acceptors (Lipinski definition) is 6. The van der Waals surface area contributed by atoms with Crippen LogP contribution in [0.1, 0.15) is 40.9 Å². The van der Waals surface area contributed by atoms with Crippen LogP contribution in [0.4, 0.5) is 0 Å². The molecule has 176 valence electrons. The van der Waals surface area contributed by atoms with Gasteiger partial charge in [0.25, 0.3) is 5.56 Å². The number of aryl methyl sites for hydroxylation is 2. The molecule has 1 saturated heterocycles. The van der Waals surface area contributed by atoms with Crippen molar-refractivity contribution in [3.63, 3.8) is 0 Å². The molecule has 5 rings (SSSR count). The molecule has 0 unspecified atom stereocenters. The first-order valence-corrected chi connectivity index (χ1v) is 11.8. The Morgan fingerprint density at radius 3 is 2.76 bits per heavy atom. The molecule has 1 aliphatic rings. The van der Waals surface area contributed by atoms with Crippen LogP contribution in [0.5, 0.6) is 0 Å². The van der Waals surface area contributed by atoms with Gasteiger partial charge in [-0.2, -0.15) is 0 Å². The van der Waals surface area contributed by atoms with E-state index >= 15 is 0 Å². The van der Waals surface area contributed by atoms with Crippen molar-refractivity contribution in [2.45, 2.75) is 59.0 Å². The Labute approximate surface area is 198 Å². The fourth-order valence-corrected chi connectivity index (χ4v) is 4.76. The van der Waals surface area contributed by atoms with E-state index in [1.807, 2.05) is 35.9 Å². The van der Waals surface area contributed by atoms with Gasteiger partial charge in [0.1, 0.15) is 0 Å². The second-order valence-electron chi connectivity index (χ2n) is 9.21. The first-order valence-electron chi connectivity index (χ1n) is 11.8. The van der Waals surface area contributed by atoms with Crippen molar-refractivity contribution in [1.29, 1.82) is 0 Å². The minimum atomic E-state index is -0.0588. The Kier molecular flexibility index (Phi) is 6.51. The lowest BCUT2D eigenvalue weighted by Gasteiger charge is -2.22. The predicted molar refractivity (Wildman–Crippen MR) is 130 cm³/mol. The van der Waals surface area contributed by atoms with E-state index in [1.165, 1.54) is 11.1 Å². The Morgan fingerprint density at radius 1 is 1.12 bits per heavy atom. The molecule has 2 aromatic carbocycles. The molecule has 8 heteroatoms. The molecule has 0 spiro atoms. The topological polar surface area (TPSA) is 88.9 Å². The monoisotopic (exact) mass is 458 g/mol. The van der Waals surface area contributed by atoms with Crippen LogP contribution in [0.15, 0.2) is 53.3 Å². The highest BCUT2D eigenvalue weighted by Crippen LogP contribution is 2.20. The number of pyridine rings is 1. The van der Waals surface area contributed by atoms with Crippen molar-refractivity contribution in [1.82, 2.24) is 30.1 Å². The molecule has 1 aliphatic heterocycles. The SMILES string of the molecule is Cc1cc(C)c2[nH]c(=O)c(CN(Cc3ccccc3)Cc3nnnn3C[C@@H]3CCCO3)cc2c1. The summed E-state index contributed by atoms with van der Waals surface area (Å²) in [5.41, 5.74) is 4.99. The van der Waals surface area contributed by atoms with Crippen LogP contribution in [-0.2, 0) is 30.9 Å². The average Bonchev–Trinajstić information content (AvgIpc) is 3.48. The number of rotatable bonds is 8. The zero-order chi connectivity index (χ0) is 23.5. The van der Waals surface area contributed by atoms with Crippen molar-refractivity contribution in [3.8, 4) is 0 Å². The quantitative estimate of drug-likeness (QED) is 0.435. The second-order valence-corrected chi connectivity index (χ2v) is 9.21. The molecule has 0 amide bonds. The van der Waals surface area contributed by atoms with Crippen molar-refractivity contribution >= 4 is 10.9 Å². The van der Waals surface area contributed by atoms with Gasteiger partial charge in [-0.3, -0.25) is 9.69 Å². The minimum Gasteiger partial charge on any atom is -0.376 e. The molecule has 1 N–H and O–H groups in total. The van der Waals surface area contributed by atoms with Gasteiger partial charge < -0.3 is 9.72 Å². The van der Waals surface area contributed by atoms with Crippen molar-refractivity contribution in [2.24, 2.45) is 0 Å². The van der Waals surface area contributed by atoms with Gasteiger partial charge in [0, 0.05) is 25.3 Å². The lowest BCUT2D eigenvalue weighted by Crippen LogP contribution is -2.29. The number of benzene rings is 2. The number of hydrogen-bond donors (Lipinski definition) is 1. The van der Waals surface area contributed by atoms with Gasteiger partial charge in [0.15, 0.2) is 5.82 Å². The van der Waals surface area contributed by atoms with E-state index in [0.717, 1.165) is 47.3 Å². The number of tetrazole rings is 1. The number of aromatic amines is 1. The summed E-state index contributed by atoms with van der Waals surface area (Å²) in [6, 6.07) is 16.5. The Bertz CT molecular complexity index is 1320. The highest BCUT2D eigenvalue weighted by atomic mass is 16.5. The predicted octanol–water partition coefficient (Wildman–Crippen LogP) is 3.51. The third-order valence-electron chi connectivity index (χ3n) is 6.38. The second kappa shape index (κ2) is 9.87. The standard InChI is InChI=1S/C26H30N6O2/c1-18-11-19(2)25-21(12-18)13-22(26(33)27-25)15-31(14-20-7-4-3-5-8-20)17-24-28-29-30-32(24)16-23-9-6-10-34-23/h3-5,7-8,11-13,23H,6,9-10,14-17H2,1-2H3,(H,27,33)/t23-/m0/s1. The van der Waals surface area contributed by atoms with Gasteiger partial charge >= 0.3 is 0 Å². The Morgan fingerprint density at radius 2 is 1.97 bits per heavy atom.